The SMILES string of the molecule is COC(=O)Cc1cc(C(F)(F)F)c(C)nc1C(F)F. The van der Waals surface area contributed by atoms with Crippen LogP contribution in [-0.4, -0.2) is 18.1 Å². The second-order valence-electron chi connectivity index (χ2n) is 3.72. The summed E-state index contributed by atoms with van der Waals surface area (Å²) < 4.78 is 67.6. The van der Waals surface area contributed by atoms with Crippen molar-refractivity contribution < 1.29 is 31.5 Å². The molecule has 8 heteroatoms. The van der Waals surface area contributed by atoms with Crippen LogP contribution in [0.25, 0.3) is 0 Å². The Morgan fingerprint density at radius 2 is 2.00 bits per heavy atom. The van der Waals surface area contributed by atoms with E-state index in [1.54, 1.807) is 0 Å². The first-order valence-electron chi connectivity index (χ1n) is 5.09. The van der Waals surface area contributed by atoms with Crippen LogP contribution in [0.4, 0.5) is 22.0 Å². The molecule has 106 valence electrons. The summed E-state index contributed by atoms with van der Waals surface area (Å²) in [5.41, 5.74) is -3.03. The fourth-order valence-corrected chi connectivity index (χ4v) is 1.51. The molecule has 0 amide bonds. The average molecular weight is 283 g/mol. The van der Waals surface area contributed by atoms with Crippen LogP contribution in [0.2, 0.25) is 0 Å². The molecule has 0 saturated heterocycles. The Labute approximate surface area is 105 Å². The summed E-state index contributed by atoms with van der Waals surface area (Å²) in [6, 6.07) is 0.515. The van der Waals surface area contributed by atoms with E-state index in [1.807, 2.05) is 0 Å². The predicted octanol–water partition coefficient (Wildman–Crippen LogP) is 3.06. The lowest BCUT2D eigenvalue weighted by Gasteiger charge is -2.14. The van der Waals surface area contributed by atoms with Crippen molar-refractivity contribution in [2.45, 2.75) is 25.9 Å². The van der Waals surface area contributed by atoms with E-state index in [0.717, 1.165) is 14.0 Å². The molecule has 0 saturated carbocycles. The molecular formula is C11H10F5NO2. The van der Waals surface area contributed by atoms with Gasteiger partial charge in [0.15, 0.2) is 0 Å². The van der Waals surface area contributed by atoms with Gasteiger partial charge in [-0.15, -0.1) is 0 Å². The summed E-state index contributed by atoms with van der Waals surface area (Å²) in [6.45, 7) is 0.983. The number of nitrogens with zero attached hydrogens (tertiary/aromatic N) is 1. The molecule has 0 fully saturated rings. The molecule has 0 bridgehead atoms. The number of hydrogen-bond donors (Lipinski definition) is 0. The number of methoxy groups -OCH3 is 1. The molecule has 1 heterocycles. The Balaban J connectivity index is 3.35. The number of alkyl halides is 5. The maximum Gasteiger partial charge on any atom is 0.418 e. The Hall–Kier alpha value is -1.73. The smallest absolute Gasteiger partial charge is 0.418 e. The minimum Gasteiger partial charge on any atom is -0.469 e. The van der Waals surface area contributed by atoms with E-state index < -0.39 is 47.5 Å². The Morgan fingerprint density at radius 1 is 1.42 bits per heavy atom. The van der Waals surface area contributed by atoms with Gasteiger partial charge in [-0.05, 0) is 18.6 Å². The van der Waals surface area contributed by atoms with Crippen molar-refractivity contribution in [2.24, 2.45) is 0 Å². The van der Waals surface area contributed by atoms with Crippen LogP contribution in [0.1, 0.15) is 28.9 Å². The van der Waals surface area contributed by atoms with E-state index in [-0.39, 0.29) is 0 Å². The van der Waals surface area contributed by atoms with E-state index in [0.29, 0.717) is 6.07 Å². The number of esters is 1. The van der Waals surface area contributed by atoms with Crippen LogP contribution in [0.15, 0.2) is 6.07 Å². The molecule has 1 aromatic heterocycles. The molecule has 0 spiro atoms. The highest BCUT2D eigenvalue weighted by molar-refractivity contribution is 5.72. The molecule has 0 N–H and O–H groups in total. The maximum atomic E-state index is 12.7. The zero-order valence-corrected chi connectivity index (χ0v) is 10.0. The third-order valence-electron chi connectivity index (χ3n) is 2.40. The van der Waals surface area contributed by atoms with E-state index >= 15 is 0 Å². The number of halogens is 5. The van der Waals surface area contributed by atoms with Gasteiger partial charge in [-0.3, -0.25) is 9.78 Å². The number of aryl methyl sites for hydroxylation is 1. The number of rotatable bonds is 3. The van der Waals surface area contributed by atoms with Gasteiger partial charge in [0.25, 0.3) is 6.43 Å². The molecule has 0 radical (unpaired) electrons. The average Bonchev–Trinajstić information content (AvgIpc) is 2.28. The van der Waals surface area contributed by atoms with Gasteiger partial charge in [0.1, 0.15) is 5.69 Å². The van der Waals surface area contributed by atoms with Gasteiger partial charge in [-0.1, -0.05) is 0 Å². The molecule has 0 aliphatic carbocycles. The largest absolute Gasteiger partial charge is 0.469 e. The molecule has 0 aliphatic rings. The van der Waals surface area contributed by atoms with Crippen molar-refractivity contribution in [3.8, 4) is 0 Å². The Bertz CT molecular complexity index is 485. The van der Waals surface area contributed by atoms with Crippen LogP contribution >= 0.6 is 0 Å². The van der Waals surface area contributed by atoms with E-state index in [2.05, 4.69) is 9.72 Å². The zero-order valence-electron chi connectivity index (χ0n) is 10.0. The molecule has 19 heavy (non-hydrogen) atoms. The van der Waals surface area contributed by atoms with Crippen molar-refractivity contribution in [3.05, 3.63) is 28.6 Å². The summed E-state index contributed by atoms with van der Waals surface area (Å²) >= 11 is 0. The van der Waals surface area contributed by atoms with Crippen molar-refractivity contribution in [2.75, 3.05) is 7.11 Å². The molecule has 0 aliphatic heterocycles. The molecular weight excluding hydrogens is 273 g/mol. The summed E-state index contributed by atoms with van der Waals surface area (Å²) in [7, 11) is 1.01. The zero-order chi connectivity index (χ0) is 14.8. The standard InChI is InChI=1S/C11H10F5NO2/c1-5-7(11(14,15)16)3-6(4-8(18)19-2)9(17-5)10(12)13/h3,10H,4H2,1-2H3. The van der Waals surface area contributed by atoms with Gasteiger partial charge in [0.05, 0.1) is 24.8 Å². The lowest BCUT2D eigenvalue weighted by atomic mass is 10.0. The Morgan fingerprint density at radius 3 is 2.42 bits per heavy atom. The van der Waals surface area contributed by atoms with Crippen molar-refractivity contribution >= 4 is 5.97 Å². The summed E-state index contributed by atoms with van der Waals surface area (Å²) in [5.74, 6) is -0.916. The molecule has 0 aromatic carbocycles. The minimum absolute atomic E-state index is 0.486. The summed E-state index contributed by atoms with van der Waals surface area (Å²) in [4.78, 5) is 14.3. The van der Waals surface area contributed by atoms with E-state index in [4.69, 9.17) is 0 Å². The highest BCUT2D eigenvalue weighted by atomic mass is 19.4. The third-order valence-corrected chi connectivity index (χ3v) is 2.40. The van der Waals surface area contributed by atoms with Crippen molar-refractivity contribution in [3.63, 3.8) is 0 Å². The first kappa shape index (κ1) is 15.3. The maximum absolute atomic E-state index is 12.7. The molecule has 3 nitrogen and oxygen atoms in total. The van der Waals surface area contributed by atoms with Crippen LogP contribution in [0, 0.1) is 6.92 Å². The van der Waals surface area contributed by atoms with Crippen molar-refractivity contribution in [1.82, 2.24) is 4.98 Å². The van der Waals surface area contributed by atoms with Crippen LogP contribution < -0.4 is 0 Å². The second kappa shape index (κ2) is 5.50. The third kappa shape index (κ3) is 3.62. The lowest BCUT2D eigenvalue weighted by Crippen LogP contribution is -2.15. The van der Waals surface area contributed by atoms with Gasteiger partial charge in [0, 0.05) is 0 Å². The summed E-state index contributed by atoms with van der Waals surface area (Å²) in [5, 5.41) is 0. The van der Waals surface area contributed by atoms with Crippen LogP contribution in [-0.2, 0) is 22.1 Å². The molecule has 1 rings (SSSR count). The molecule has 0 unspecified atom stereocenters. The predicted molar refractivity (Wildman–Crippen MR) is 54.7 cm³/mol. The van der Waals surface area contributed by atoms with E-state index in [1.165, 1.54) is 0 Å². The highest BCUT2D eigenvalue weighted by Gasteiger charge is 2.35. The highest BCUT2D eigenvalue weighted by Crippen LogP contribution is 2.34. The second-order valence-corrected chi connectivity index (χ2v) is 3.72. The first-order valence-corrected chi connectivity index (χ1v) is 5.09. The first-order chi connectivity index (χ1) is 8.66. The number of hydrogen-bond acceptors (Lipinski definition) is 3. The van der Waals surface area contributed by atoms with Crippen LogP contribution in [0.5, 0.6) is 0 Å². The van der Waals surface area contributed by atoms with Crippen LogP contribution in [0.3, 0.4) is 0 Å². The topological polar surface area (TPSA) is 39.2 Å². The number of carbonyl (C=O) groups excluding carboxylic acids is 1. The molecule has 1 aromatic rings. The summed E-state index contributed by atoms with van der Waals surface area (Å²) in [6.07, 6.45) is -8.48. The van der Waals surface area contributed by atoms with Gasteiger partial charge in [0.2, 0.25) is 0 Å². The lowest BCUT2D eigenvalue weighted by molar-refractivity contribution is -0.141. The number of pyridine rings is 1. The number of aromatic nitrogens is 1. The number of ether oxygens (including phenoxy) is 1. The fourth-order valence-electron chi connectivity index (χ4n) is 1.51. The molecule has 0 atom stereocenters. The van der Waals surface area contributed by atoms with Gasteiger partial charge >= 0.3 is 12.1 Å². The fraction of sp³-hybridized carbons (Fsp3) is 0.455. The minimum atomic E-state index is -4.72. The van der Waals surface area contributed by atoms with Crippen molar-refractivity contribution in [1.29, 1.82) is 0 Å². The van der Waals surface area contributed by atoms with Gasteiger partial charge in [-0.2, -0.15) is 13.2 Å². The quantitative estimate of drug-likeness (QED) is 0.632. The Kier molecular flexibility index (Phi) is 4.43. The monoisotopic (exact) mass is 283 g/mol. The van der Waals surface area contributed by atoms with Gasteiger partial charge in [-0.25, -0.2) is 8.78 Å². The van der Waals surface area contributed by atoms with Gasteiger partial charge < -0.3 is 4.74 Å². The van der Waals surface area contributed by atoms with E-state index in [9.17, 15) is 26.7 Å². The number of carbonyl (C=O) groups is 1. The normalized spacial score (nSPS) is 11.8.